The van der Waals surface area contributed by atoms with Gasteiger partial charge in [0.25, 0.3) is 0 Å². The van der Waals surface area contributed by atoms with Crippen LogP contribution < -0.4 is 5.73 Å². The Morgan fingerprint density at radius 1 is 1.29 bits per heavy atom. The van der Waals surface area contributed by atoms with Crippen molar-refractivity contribution in [3.8, 4) is 0 Å². The van der Waals surface area contributed by atoms with Crippen molar-refractivity contribution in [1.82, 2.24) is 19.8 Å². The summed E-state index contributed by atoms with van der Waals surface area (Å²) in [5.41, 5.74) is 7.96. The number of likely N-dealkylation sites (N-methyl/N-ethyl adjacent to an activating group) is 1. The summed E-state index contributed by atoms with van der Waals surface area (Å²) in [5, 5.41) is 11.4. The molecule has 1 atom stereocenters. The minimum absolute atomic E-state index is 0.00175. The number of allylic oxidation sites excluding steroid dienone is 1. The lowest BCUT2D eigenvalue weighted by Gasteiger charge is -2.32. The van der Waals surface area contributed by atoms with Gasteiger partial charge in [0.2, 0.25) is 11.8 Å². The van der Waals surface area contributed by atoms with Crippen LogP contribution in [-0.2, 0) is 9.53 Å². The number of amides is 2. The number of hydrogen-bond acceptors (Lipinski definition) is 7. The fraction of sp³-hybridized carbons (Fsp3) is 0.316. The third-order valence-electron chi connectivity index (χ3n) is 5.10. The molecule has 2 amide bonds. The molecule has 3 aliphatic rings. The molecule has 3 aliphatic heterocycles. The molecule has 0 radical (unpaired) electrons. The number of aromatic nitrogens is 1. The molecule has 1 fully saturated rings. The van der Waals surface area contributed by atoms with Crippen LogP contribution in [0.3, 0.4) is 0 Å². The second-order valence-corrected chi connectivity index (χ2v) is 6.80. The Kier molecular flexibility index (Phi) is 4.62. The van der Waals surface area contributed by atoms with Gasteiger partial charge in [-0.3, -0.25) is 19.8 Å². The Balaban J connectivity index is 1.64. The Bertz CT molecular complexity index is 917. The molecule has 9 heteroatoms. The van der Waals surface area contributed by atoms with E-state index in [9.17, 15) is 14.8 Å². The van der Waals surface area contributed by atoms with Crippen LogP contribution in [0.25, 0.3) is 5.70 Å². The van der Waals surface area contributed by atoms with Crippen molar-refractivity contribution in [2.75, 3.05) is 33.4 Å². The number of carbonyl (C=O) groups is 2. The van der Waals surface area contributed by atoms with E-state index in [0.29, 0.717) is 43.3 Å². The SMILES string of the molecule is CN1C2=CN(O)C(c3cc(C(N)=O)ccn3)=CC2=CC1C(=O)N1CCOCC1. The van der Waals surface area contributed by atoms with Crippen LogP contribution in [0.1, 0.15) is 16.1 Å². The first-order valence-corrected chi connectivity index (χ1v) is 8.95. The fourth-order valence-electron chi connectivity index (χ4n) is 3.53. The molecule has 0 aliphatic carbocycles. The van der Waals surface area contributed by atoms with Gasteiger partial charge in [-0.25, -0.2) is 5.06 Å². The fourth-order valence-corrected chi connectivity index (χ4v) is 3.53. The van der Waals surface area contributed by atoms with Gasteiger partial charge >= 0.3 is 0 Å². The van der Waals surface area contributed by atoms with Crippen molar-refractivity contribution < 1.29 is 19.5 Å². The quantitative estimate of drug-likeness (QED) is 0.765. The first-order chi connectivity index (χ1) is 13.5. The number of hydroxylamine groups is 2. The number of carbonyl (C=O) groups excluding carboxylic acids is 2. The lowest BCUT2D eigenvalue weighted by atomic mass is 10.1. The third kappa shape index (κ3) is 3.14. The lowest BCUT2D eigenvalue weighted by Crippen LogP contribution is -2.48. The molecule has 0 saturated carbocycles. The monoisotopic (exact) mass is 383 g/mol. The molecule has 3 N–H and O–H groups in total. The summed E-state index contributed by atoms with van der Waals surface area (Å²) in [6.07, 6.45) is 6.61. The van der Waals surface area contributed by atoms with Crippen molar-refractivity contribution in [3.05, 3.63) is 59.2 Å². The number of morpholine rings is 1. The van der Waals surface area contributed by atoms with Crippen LogP contribution in [0.15, 0.2) is 48.0 Å². The van der Waals surface area contributed by atoms with Crippen molar-refractivity contribution in [3.63, 3.8) is 0 Å². The highest BCUT2D eigenvalue weighted by atomic mass is 16.5. The van der Waals surface area contributed by atoms with E-state index in [1.165, 1.54) is 24.5 Å². The highest BCUT2D eigenvalue weighted by Crippen LogP contribution is 2.35. The van der Waals surface area contributed by atoms with Crippen molar-refractivity contribution in [2.24, 2.45) is 5.73 Å². The Labute approximate surface area is 161 Å². The van der Waals surface area contributed by atoms with Crippen LogP contribution >= 0.6 is 0 Å². The summed E-state index contributed by atoms with van der Waals surface area (Å²) in [6.45, 7) is 2.22. The van der Waals surface area contributed by atoms with Crippen molar-refractivity contribution >= 4 is 17.5 Å². The van der Waals surface area contributed by atoms with E-state index in [1.807, 2.05) is 18.0 Å². The molecule has 1 aromatic heterocycles. The number of nitrogens with zero attached hydrogens (tertiary/aromatic N) is 4. The molecule has 9 nitrogen and oxygen atoms in total. The molecule has 0 spiro atoms. The van der Waals surface area contributed by atoms with Crippen LogP contribution in [0, 0.1) is 0 Å². The number of primary amides is 1. The smallest absolute Gasteiger partial charge is 0.249 e. The summed E-state index contributed by atoms with van der Waals surface area (Å²) < 4.78 is 5.31. The first-order valence-electron chi connectivity index (χ1n) is 8.95. The predicted octanol–water partition coefficient (Wildman–Crippen LogP) is 0.167. The van der Waals surface area contributed by atoms with E-state index in [0.717, 1.165) is 16.3 Å². The zero-order chi connectivity index (χ0) is 19.8. The predicted molar refractivity (Wildman–Crippen MR) is 99.5 cm³/mol. The topological polar surface area (TPSA) is 112 Å². The van der Waals surface area contributed by atoms with Gasteiger partial charge in [0.1, 0.15) is 6.04 Å². The molecule has 28 heavy (non-hydrogen) atoms. The molecular weight excluding hydrogens is 362 g/mol. The van der Waals surface area contributed by atoms with Gasteiger partial charge in [0, 0.05) is 37.5 Å². The van der Waals surface area contributed by atoms with Gasteiger partial charge in [-0.1, -0.05) is 0 Å². The average Bonchev–Trinajstić information content (AvgIpc) is 3.03. The first kappa shape index (κ1) is 18.2. The summed E-state index contributed by atoms with van der Waals surface area (Å²) >= 11 is 0. The number of rotatable bonds is 3. The molecule has 1 aromatic rings. The maximum atomic E-state index is 12.9. The number of pyridine rings is 1. The minimum Gasteiger partial charge on any atom is -0.378 e. The van der Waals surface area contributed by atoms with E-state index < -0.39 is 11.9 Å². The average molecular weight is 383 g/mol. The second-order valence-electron chi connectivity index (χ2n) is 6.80. The third-order valence-corrected chi connectivity index (χ3v) is 5.10. The van der Waals surface area contributed by atoms with Gasteiger partial charge in [-0.2, -0.15) is 0 Å². The zero-order valence-electron chi connectivity index (χ0n) is 15.4. The molecule has 4 rings (SSSR count). The van der Waals surface area contributed by atoms with Gasteiger partial charge in [-0.05, 0) is 24.3 Å². The Morgan fingerprint density at radius 3 is 2.75 bits per heavy atom. The van der Waals surface area contributed by atoms with Gasteiger partial charge in [-0.15, -0.1) is 0 Å². The maximum Gasteiger partial charge on any atom is 0.249 e. The van der Waals surface area contributed by atoms with Crippen LogP contribution in [-0.4, -0.2) is 76.3 Å². The number of nitrogens with two attached hydrogens (primary N) is 1. The molecule has 0 aromatic carbocycles. The Hall–Kier alpha value is -3.17. The van der Waals surface area contributed by atoms with E-state index in [1.54, 1.807) is 11.0 Å². The summed E-state index contributed by atoms with van der Waals surface area (Å²) in [6, 6.07) is 2.58. The van der Waals surface area contributed by atoms with Crippen LogP contribution in [0.4, 0.5) is 0 Å². The normalized spacial score (nSPS) is 21.7. The standard InChI is InChI=1S/C19H21N5O4/c1-22-16(19(26)23-4-6-28-7-5-23)10-13-9-15(24(27)11-17(13)22)14-8-12(18(20)25)2-3-21-14/h2-3,8-11,16,27H,4-7H2,1H3,(H2,20,25). The molecule has 1 saturated heterocycles. The van der Waals surface area contributed by atoms with Crippen LogP contribution in [0.2, 0.25) is 0 Å². The summed E-state index contributed by atoms with van der Waals surface area (Å²) in [4.78, 5) is 32.2. The zero-order valence-corrected chi connectivity index (χ0v) is 15.4. The summed E-state index contributed by atoms with van der Waals surface area (Å²) in [7, 11) is 1.82. The highest BCUT2D eigenvalue weighted by Gasteiger charge is 2.36. The van der Waals surface area contributed by atoms with E-state index >= 15 is 0 Å². The lowest BCUT2D eigenvalue weighted by molar-refractivity contribution is -0.138. The second kappa shape index (κ2) is 7.10. The van der Waals surface area contributed by atoms with E-state index in [2.05, 4.69) is 4.98 Å². The molecule has 146 valence electrons. The van der Waals surface area contributed by atoms with E-state index in [4.69, 9.17) is 10.5 Å². The van der Waals surface area contributed by atoms with Crippen molar-refractivity contribution in [1.29, 1.82) is 0 Å². The number of hydrogen-bond donors (Lipinski definition) is 2. The maximum absolute atomic E-state index is 12.9. The summed E-state index contributed by atoms with van der Waals surface area (Å²) in [5.74, 6) is -0.571. The molecule has 0 bridgehead atoms. The molecule has 1 unspecified atom stereocenters. The molecular formula is C19H21N5O4. The van der Waals surface area contributed by atoms with Gasteiger partial charge < -0.3 is 20.3 Å². The largest absolute Gasteiger partial charge is 0.378 e. The number of fused-ring (bicyclic) bond motifs is 1. The highest BCUT2D eigenvalue weighted by molar-refractivity contribution is 5.93. The van der Waals surface area contributed by atoms with Gasteiger partial charge in [0.15, 0.2) is 0 Å². The van der Waals surface area contributed by atoms with E-state index in [-0.39, 0.29) is 5.91 Å². The number of ether oxygens (including phenoxy) is 1. The minimum atomic E-state index is -0.572. The van der Waals surface area contributed by atoms with Gasteiger partial charge in [0.05, 0.1) is 36.5 Å². The molecule has 4 heterocycles. The van der Waals surface area contributed by atoms with Crippen molar-refractivity contribution in [2.45, 2.75) is 6.04 Å². The van der Waals surface area contributed by atoms with Crippen LogP contribution in [0.5, 0.6) is 0 Å². The Morgan fingerprint density at radius 2 is 2.04 bits per heavy atom.